The Bertz CT molecular complexity index is 1250. The molecule has 0 aliphatic carbocycles. The molecule has 0 bridgehead atoms. The molecule has 33 heavy (non-hydrogen) atoms. The molecule has 0 amide bonds. The number of rotatable bonds is 3. The quantitative estimate of drug-likeness (QED) is 0.657. The summed E-state index contributed by atoms with van der Waals surface area (Å²) in [6, 6.07) is 8.78. The lowest BCUT2D eigenvalue weighted by atomic mass is 9.99. The maximum Gasteiger partial charge on any atom is 0.252 e. The van der Waals surface area contributed by atoms with Crippen molar-refractivity contribution >= 4 is 16.7 Å². The Morgan fingerprint density at radius 3 is 2.73 bits per heavy atom. The van der Waals surface area contributed by atoms with Crippen LogP contribution in [-0.4, -0.2) is 57.0 Å². The lowest BCUT2D eigenvalue weighted by Gasteiger charge is -2.47. The number of nitrogens with zero attached hydrogens (tertiary/aromatic N) is 4. The van der Waals surface area contributed by atoms with Gasteiger partial charge < -0.3 is 18.9 Å². The minimum absolute atomic E-state index is 0.0194. The summed E-state index contributed by atoms with van der Waals surface area (Å²) < 4.78 is 13.7. The number of pyridine rings is 1. The van der Waals surface area contributed by atoms with Gasteiger partial charge in [-0.15, -0.1) is 0 Å². The molecular weight excluding hydrogens is 418 g/mol. The standard InChI is InChI=1S/C25H33N5O3/c1-15-13-30(19-10-23(31)28(6)20-11-26-27-24(19)20)16(2)12-29(15)17(3)18-7-8-21-22(9-18)32-14-25(4,5)33-21/h7-11,15-17H,12-14H2,1-6H3,(H,26,27)/t15-,16+,17?/m1/s1. The first-order chi connectivity index (χ1) is 15.6. The van der Waals surface area contributed by atoms with Crippen LogP contribution in [0.3, 0.4) is 0 Å². The molecule has 3 atom stereocenters. The zero-order valence-electron chi connectivity index (χ0n) is 20.3. The molecule has 1 aromatic carbocycles. The first-order valence-corrected chi connectivity index (χ1v) is 11.7. The van der Waals surface area contributed by atoms with Gasteiger partial charge in [0.2, 0.25) is 0 Å². The first-order valence-electron chi connectivity index (χ1n) is 11.7. The summed E-state index contributed by atoms with van der Waals surface area (Å²) in [6.07, 6.45) is 1.72. The van der Waals surface area contributed by atoms with Crippen molar-refractivity contribution in [1.29, 1.82) is 0 Å². The normalized spacial score (nSPS) is 23.6. The Balaban J connectivity index is 1.39. The minimum atomic E-state index is -0.307. The minimum Gasteiger partial charge on any atom is -0.486 e. The van der Waals surface area contributed by atoms with E-state index in [1.54, 1.807) is 23.9 Å². The Morgan fingerprint density at radius 2 is 1.94 bits per heavy atom. The third-order valence-corrected chi connectivity index (χ3v) is 7.08. The fourth-order valence-electron chi connectivity index (χ4n) is 5.13. The van der Waals surface area contributed by atoms with Gasteiger partial charge in [0.05, 0.1) is 17.4 Å². The van der Waals surface area contributed by atoms with Gasteiger partial charge in [-0.05, 0) is 52.3 Å². The first kappa shape index (κ1) is 21.8. The second kappa shape index (κ2) is 7.80. The van der Waals surface area contributed by atoms with E-state index in [1.807, 2.05) is 19.9 Å². The molecular formula is C25H33N5O3. The lowest BCUT2D eigenvalue weighted by Crippen LogP contribution is -2.57. The number of hydrogen-bond acceptors (Lipinski definition) is 6. The van der Waals surface area contributed by atoms with Gasteiger partial charge in [-0.2, -0.15) is 5.10 Å². The third-order valence-electron chi connectivity index (χ3n) is 7.08. The van der Waals surface area contributed by atoms with E-state index in [1.165, 1.54) is 5.56 Å². The lowest BCUT2D eigenvalue weighted by molar-refractivity contribution is 0.0210. The van der Waals surface area contributed by atoms with Crippen LogP contribution < -0.4 is 19.9 Å². The van der Waals surface area contributed by atoms with Crippen molar-refractivity contribution in [2.45, 2.75) is 58.3 Å². The van der Waals surface area contributed by atoms with Crippen molar-refractivity contribution in [3.8, 4) is 11.5 Å². The van der Waals surface area contributed by atoms with Crippen molar-refractivity contribution in [2.24, 2.45) is 7.05 Å². The van der Waals surface area contributed by atoms with Gasteiger partial charge in [0.15, 0.2) is 11.5 Å². The average Bonchev–Trinajstić information content (AvgIpc) is 3.26. The molecule has 0 radical (unpaired) electrons. The smallest absolute Gasteiger partial charge is 0.252 e. The Labute approximate surface area is 194 Å². The van der Waals surface area contributed by atoms with Crippen LogP contribution in [0, 0.1) is 0 Å². The predicted octanol–water partition coefficient (Wildman–Crippen LogP) is 3.47. The molecule has 8 heteroatoms. The van der Waals surface area contributed by atoms with E-state index in [4.69, 9.17) is 9.47 Å². The van der Waals surface area contributed by atoms with Crippen LogP contribution in [-0.2, 0) is 7.05 Å². The van der Waals surface area contributed by atoms with E-state index in [-0.39, 0.29) is 23.2 Å². The summed E-state index contributed by atoms with van der Waals surface area (Å²) in [5, 5.41) is 7.28. The number of H-pyrrole nitrogens is 1. The highest BCUT2D eigenvalue weighted by Gasteiger charge is 2.34. The molecule has 8 nitrogen and oxygen atoms in total. The summed E-state index contributed by atoms with van der Waals surface area (Å²) >= 11 is 0. The number of aromatic nitrogens is 3. The molecule has 5 rings (SSSR count). The number of fused-ring (bicyclic) bond motifs is 2. The molecule has 2 aliphatic rings. The van der Waals surface area contributed by atoms with Crippen LogP contribution in [0.2, 0.25) is 0 Å². The molecule has 2 aromatic heterocycles. The molecule has 176 valence electrons. The number of hydrogen-bond donors (Lipinski definition) is 1. The van der Waals surface area contributed by atoms with E-state index < -0.39 is 0 Å². The summed E-state index contributed by atoms with van der Waals surface area (Å²) in [6.45, 7) is 13.0. The van der Waals surface area contributed by atoms with Crippen molar-refractivity contribution < 1.29 is 9.47 Å². The van der Waals surface area contributed by atoms with Crippen molar-refractivity contribution in [1.82, 2.24) is 19.7 Å². The Morgan fingerprint density at radius 1 is 1.15 bits per heavy atom. The summed E-state index contributed by atoms with van der Waals surface area (Å²) in [5.74, 6) is 1.63. The fourth-order valence-corrected chi connectivity index (χ4v) is 5.13. The van der Waals surface area contributed by atoms with E-state index in [2.05, 4.69) is 52.9 Å². The van der Waals surface area contributed by atoms with E-state index in [9.17, 15) is 4.79 Å². The van der Waals surface area contributed by atoms with Gasteiger partial charge >= 0.3 is 0 Å². The third kappa shape index (κ3) is 3.76. The molecule has 0 spiro atoms. The van der Waals surface area contributed by atoms with Crippen LogP contribution in [0.25, 0.3) is 11.0 Å². The zero-order chi connectivity index (χ0) is 23.5. The molecule has 1 saturated heterocycles. The molecule has 1 unspecified atom stereocenters. The molecule has 1 fully saturated rings. The van der Waals surface area contributed by atoms with Crippen LogP contribution in [0.4, 0.5) is 5.69 Å². The maximum absolute atomic E-state index is 12.6. The topological polar surface area (TPSA) is 75.6 Å². The Hall–Kier alpha value is -3.00. The Kier molecular flexibility index (Phi) is 5.16. The van der Waals surface area contributed by atoms with Gasteiger partial charge in [-0.3, -0.25) is 14.8 Å². The fraction of sp³-hybridized carbons (Fsp3) is 0.520. The number of benzene rings is 1. The van der Waals surface area contributed by atoms with Gasteiger partial charge in [0, 0.05) is 44.3 Å². The molecule has 3 aromatic rings. The van der Waals surface area contributed by atoms with Gasteiger partial charge in [-0.25, -0.2) is 0 Å². The van der Waals surface area contributed by atoms with Crippen LogP contribution >= 0.6 is 0 Å². The van der Waals surface area contributed by atoms with E-state index >= 15 is 0 Å². The van der Waals surface area contributed by atoms with Gasteiger partial charge in [0.25, 0.3) is 5.56 Å². The van der Waals surface area contributed by atoms with E-state index in [0.29, 0.717) is 12.6 Å². The van der Waals surface area contributed by atoms with Gasteiger partial charge in [0.1, 0.15) is 17.7 Å². The number of ether oxygens (including phenoxy) is 2. The highest BCUT2D eigenvalue weighted by molar-refractivity contribution is 5.88. The molecule has 4 heterocycles. The number of nitrogens with one attached hydrogen (secondary N) is 1. The summed E-state index contributed by atoms with van der Waals surface area (Å²) in [5.41, 5.74) is 3.56. The van der Waals surface area contributed by atoms with Gasteiger partial charge in [-0.1, -0.05) is 6.07 Å². The monoisotopic (exact) mass is 451 g/mol. The summed E-state index contributed by atoms with van der Waals surface area (Å²) in [7, 11) is 1.78. The number of aromatic amines is 1. The van der Waals surface area contributed by atoms with E-state index in [0.717, 1.165) is 41.3 Å². The highest BCUT2D eigenvalue weighted by Crippen LogP contribution is 2.39. The van der Waals surface area contributed by atoms with Crippen LogP contribution in [0.15, 0.2) is 35.3 Å². The highest BCUT2D eigenvalue weighted by atomic mass is 16.6. The van der Waals surface area contributed by atoms with Crippen LogP contribution in [0.1, 0.15) is 46.2 Å². The molecule has 1 N–H and O–H groups in total. The maximum atomic E-state index is 12.6. The number of aryl methyl sites for hydroxylation is 1. The SMILES string of the molecule is CC(c1ccc2c(c1)OCC(C)(C)O2)N1C[C@H](C)N(c2cc(=O)n(C)c3cn[nH]c23)C[C@H]1C. The van der Waals surface area contributed by atoms with Crippen molar-refractivity contribution in [2.75, 3.05) is 24.6 Å². The predicted molar refractivity (Wildman–Crippen MR) is 129 cm³/mol. The molecule has 2 aliphatic heterocycles. The summed E-state index contributed by atoms with van der Waals surface area (Å²) in [4.78, 5) is 17.4. The van der Waals surface area contributed by atoms with Crippen molar-refractivity contribution in [3.63, 3.8) is 0 Å². The second-order valence-corrected chi connectivity index (χ2v) is 10.1. The van der Waals surface area contributed by atoms with Crippen molar-refractivity contribution in [3.05, 3.63) is 46.4 Å². The number of piperazine rings is 1. The largest absolute Gasteiger partial charge is 0.486 e. The second-order valence-electron chi connectivity index (χ2n) is 10.1. The molecule has 0 saturated carbocycles. The zero-order valence-corrected chi connectivity index (χ0v) is 20.3. The van der Waals surface area contributed by atoms with Crippen LogP contribution in [0.5, 0.6) is 11.5 Å². The average molecular weight is 452 g/mol. The number of anilines is 1.